The van der Waals surface area contributed by atoms with Gasteiger partial charge in [0.25, 0.3) is 0 Å². The number of benzene rings is 2. The highest BCUT2D eigenvalue weighted by atomic mass is 32.2. The van der Waals surface area contributed by atoms with E-state index in [2.05, 4.69) is 0 Å². The second kappa shape index (κ2) is 7.54. The van der Waals surface area contributed by atoms with E-state index in [-0.39, 0.29) is 10.5 Å². The standard InChI is InChI=1S/C18H13F5N2O4S2/c19-12-3-6-16(20)15(7-12)17(8-13(9-17)25-31(28,29)18(21,22)23)30(26,27)14-4-1-11(10-24)2-5-14/h1-7,13,25H,8-9H2. The Labute approximate surface area is 174 Å². The average molecular weight is 480 g/mol. The summed E-state index contributed by atoms with van der Waals surface area (Å²) in [6.45, 7) is 0. The number of sulfonamides is 1. The molecule has 1 saturated carbocycles. The lowest BCUT2D eigenvalue weighted by molar-refractivity contribution is -0.0455. The predicted molar refractivity (Wildman–Crippen MR) is 97.5 cm³/mol. The number of hydrogen-bond acceptors (Lipinski definition) is 5. The lowest BCUT2D eigenvalue weighted by Gasteiger charge is -2.47. The molecule has 1 aliphatic carbocycles. The van der Waals surface area contributed by atoms with Crippen molar-refractivity contribution >= 4 is 19.9 Å². The van der Waals surface area contributed by atoms with Gasteiger partial charge in [0.15, 0.2) is 9.84 Å². The van der Waals surface area contributed by atoms with E-state index >= 15 is 0 Å². The molecule has 0 spiro atoms. The van der Waals surface area contributed by atoms with Crippen LogP contribution in [0.4, 0.5) is 22.0 Å². The smallest absolute Gasteiger partial charge is 0.223 e. The Kier molecular flexibility index (Phi) is 5.62. The highest BCUT2D eigenvalue weighted by Gasteiger charge is 2.59. The summed E-state index contributed by atoms with van der Waals surface area (Å²) in [5, 5.41) is 8.85. The number of sulfone groups is 1. The third kappa shape index (κ3) is 3.90. The Morgan fingerprint density at radius 1 is 1.00 bits per heavy atom. The molecule has 0 bridgehead atoms. The van der Waals surface area contributed by atoms with Gasteiger partial charge in [0.2, 0.25) is 0 Å². The Bertz CT molecular complexity index is 1260. The minimum Gasteiger partial charge on any atom is -0.223 e. The lowest BCUT2D eigenvalue weighted by Crippen LogP contribution is -2.58. The molecule has 0 unspecified atom stereocenters. The maximum absolute atomic E-state index is 14.5. The van der Waals surface area contributed by atoms with Gasteiger partial charge in [0, 0.05) is 11.6 Å². The molecule has 13 heteroatoms. The molecule has 2 aromatic rings. The van der Waals surface area contributed by atoms with E-state index in [0.29, 0.717) is 12.1 Å². The Hall–Kier alpha value is -2.56. The number of nitrogens with zero attached hydrogens (tertiary/aromatic N) is 1. The number of rotatable bonds is 5. The Morgan fingerprint density at radius 3 is 2.10 bits per heavy atom. The minimum atomic E-state index is -5.78. The topological polar surface area (TPSA) is 104 Å². The van der Waals surface area contributed by atoms with E-state index in [1.807, 2.05) is 0 Å². The number of nitrogens with one attached hydrogen (secondary N) is 1. The van der Waals surface area contributed by atoms with Gasteiger partial charge in [-0.05, 0) is 55.3 Å². The van der Waals surface area contributed by atoms with E-state index < -0.39 is 66.2 Å². The van der Waals surface area contributed by atoms with Crippen LogP contribution in [0.2, 0.25) is 0 Å². The van der Waals surface area contributed by atoms with Gasteiger partial charge in [-0.15, -0.1) is 0 Å². The molecule has 6 nitrogen and oxygen atoms in total. The SMILES string of the molecule is N#Cc1ccc(S(=O)(=O)C2(c3cc(F)ccc3F)CC(NS(=O)(=O)C(F)(F)F)C2)cc1. The van der Waals surface area contributed by atoms with Crippen LogP contribution >= 0.6 is 0 Å². The first kappa shape index (κ1) is 23.1. The van der Waals surface area contributed by atoms with Crippen molar-refractivity contribution in [2.45, 2.75) is 34.0 Å². The third-order valence-electron chi connectivity index (χ3n) is 5.01. The molecule has 2 aromatic carbocycles. The highest BCUT2D eigenvalue weighted by Crippen LogP contribution is 2.52. The second-order valence-electron chi connectivity index (χ2n) is 6.93. The van der Waals surface area contributed by atoms with Crippen LogP contribution in [0.25, 0.3) is 0 Å². The van der Waals surface area contributed by atoms with Crippen molar-refractivity contribution < 1.29 is 38.8 Å². The molecular formula is C18H13F5N2O4S2. The van der Waals surface area contributed by atoms with Crippen LogP contribution < -0.4 is 4.72 Å². The van der Waals surface area contributed by atoms with Gasteiger partial charge in [0.05, 0.1) is 16.5 Å². The Balaban J connectivity index is 2.08. The number of halogens is 5. The normalized spacial score (nSPS) is 21.9. The van der Waals surface area contributed by atoms with Gasteiger partial charge in [-0.2, -0.15) is 18.4 Å². The van der Waals surface area contributed by atoms with Crippen molar-refractivity contribution in [2.75, 3.05) is 0 Å². The maximum Gasteiger partial charge on any atom is 0.511 e. The summed E-state index contributed by atoms with van der Waals surface area (Å²) in [5.74, 6) is -2.10. The van der Waals surface area contributed by atoms with Crippen LogP contribution in [0.5, 0.6) is 0 Å². The molecule has 3 rings (SSSR count). The van der Waals surface area contributed by atoms with Crippen molar-refractivity contribution in [1.82, 2.24) is 4.72 Å². The fourth-order valence-electron chi connectivity index (χ4n) is 3.47. The van der Waals surface area contributed by atoms with Crippen molar-refractivity contribution in [3.63, 3.8) is 0 Å². The Morgan fingerprint density at radius 2 is 1.58 bits per heavy atom. The molecule has 31 heavy (non-hydrogen) atoms. The van der Waals surface area contributed by atoms with Crippen molar-refractivity contribution in [1.29, 1.82) is 5.26 Å². The van der Waals surface area contributed by atoms with E-state index in [0.717, 1.165) is 18.2 Å². The summed E-state index contributed by atoms with van der Waals surface area (Å²) in [6.07, 6.45) is -1.52. The predicted octanol–water partition coefficient (Wildman–Crippen LogP) is 3.11. The molecule has 0 heterocycles. The first-order valence-electron chi connectivity index (χ1n) is 8.52. The number of hydrogen-bond donors (Lipinski definition) is 1. The number of alkyl halides is 3. The summed E-state index contributed by atoms with van der Waals surface area (Å²) in [6, 6.07) is 6.78. The molecule has 166 valence electrons. The molecule has 0 radical (unpaired) electrons. The fraction of sp³-hybridized carbons (Fsp3) is 0.278. The molecule has 0 atom stereocenters. The van der Waals surface area contributed by atoms with Crippen LogP contribution in [-0.4, -0.2) is 28.4 Å². The van der Waals surface area contributed by atoms with Gasteiger partial charge < -0.3 is 0 Å². The van der Waals surface area contributed by atoms with Crippen LogP contribution in [0.3, 0.4) is 0 Å². The van der Waals surface area contributed by atoms with Crippen molar-refractivity contribution in [3.05, 3.63) is 65.2 Å². The zero-order valence-corrected chi connectivity index (χ0v) is 17.0. The monoisotopic (exact) mass is 480 g/mol. The van der Waals surface area contributed by atoms with E-state index in [4.69, 9.17) is 5.26 Å². The molecule has 1 aliphatic rings. The van der Waals surface area contributed by atoms with E-state index in [1.165, 1.54) is 16.9 Å². The van der Waals surface area contributed by atoms with Crippen molar-refractivity contribution in [2.24, 2.45) is 0 Å². The first-order chi connectivity index (χ1) is 14.2. The zero-order valence-electron chi connectivity index (χ0n) is 15.3. The summed E-state index contributed by atoms with van der Waals surface area (Å²) < 4.78 is 115. The van der Waals surface area contributed by atoms with Gasteiger partial charge in [-0.25, -0.2) is 30.3 Å². The summed E-state index contributed by atoms with van der Waals surface area (Å²) in [5.41, 5.74) is -6.13. The minimum absolute atomic E-state index is 0.120. The maximum atomic E-state index is 14.5. The molecule has 1 fully saturated rings. The first-order valence-corrected chi connectivity index (χ1v) is 11.5. The summed E-state index contributed by atoms with van der Waals surface area (Å²) in [4.78, 5) is -0.382. The fourth-order valence-corrected chi connectivity index (χ4v) is 6.44. The van der Waals surface area contributed by atoms with Gasteiger partial charge in [-0.3, -0.25) is 0 Å². The summed E-state index contributed by atoms with van der Waals surface area (Å²) in [7, 11) is -10.3. The van der Waals surface area contributed by atoms with Crippen LogP contribution in [-0.2, 0) is 24.6 Å². The molecule has 0 amide bonds. The molecule has 0 aromatic heterocycles. The van der Waals surface area contributed by atoms with Crippen LogP contribution in [0.15, 0.2) is 47.4 Å². The summed E-state index contributed by atoms with van der Waals surface area (Å²) >= 11 is 0. The second-order valence-corrected chi connectivity index (χ2v) is 10.9. The van der Waals surface area contributed by atoms with Crippen LogP contribution in [0, 0.1) is 23.0 Å². The van der Waals surface area contributed by atoms with Gasteiger partial charge >= 0.3 is 15.5 Å². The van der Waals surface area contributed by atoms with E-state index in [9.17, 15) is 38.8 Å². The van der Waals surface area contributed by atoms with E-state index in [1.54, 1.807) is 6.07 Å². The molecule has 0 saturated heterocycles. The van der Waals surface area contributed by atoms with Gasteiger partial charge in [-0.1, -0.05) is 0 Å². The quantitative estimate of drug-likeness (QED) is 0.663. The molecule has 1 N–H and O–H groups in total. The number of nitriles is 1. The van der Waals surface area contributed by atoms with Crippen LogP contribution in [0.1, 0.15) is 24.0 Å². The average Bonchev–Trinajstić information content (AvgIpc) is 2.65. The molecule has 0 aliphatic heterocycles. The largest absolute Gasteiger partial charge is 0.511 e. The molecular weight excluding hydrogens is 467 g/mol. The van der Waals surface area contributed by atoms with Crippen molar-refractivity contribution in [3.8, 4) is 6.07 Å². The highest BCUT2D eigenvalue weighted by molar-refractivity contribution is 7.92. The third-order valence-corrected chi connectivity index (χ3v) is 8.73. The zero-order chi connectivity index (χ0) is 23.2. The van der Waals surface area contributed by atoms with Gasteiger partial charge in [0.1, 0.15) is 16.4 Å². The lowest BCUT2D eigenvalue weighted by atomic mass is 9.75.